The van der Waals surface area contributed by atoms with Gasteiger partial charge >= 0.3 is 0 Å². The zero-order valence-corrected chi connectivity index (χ0v) is 13.1. The van der Waals surface area contributed by atoms with E-state index in [-0.39, 0.29) is 29.3 Å². The van der Waals surface area contributed by atoms with E-state index in [1.165, 1.54) is 12.1 Å². The molecule has 20 heavy (non-hydrogen) atoms. The van der Waals surface area contributed by atoms with E-state index in [9.17, 15) is 12.8 Å². The smallest absolute Gasteiger partial charge is 0.215 e. The zero-order valence-electron chi connectivity index (χ0n) is 11.5. The number of benzene rings is 1. The maximum Gasteiger partial charge on any atom is 0.215 e. The van der Waals surface area contributed by atoms with E-state index >= 15 is 0 Å². The molecule has 0 aliphatic rings. The molecule has 1 rings (SSSR count). The van der Waals surface area contributed by atoms with Gasteiger partial charge in [-0.15, -0.1) is 0 Å². The van der Waals surface area contributed by atoms with Crippen LogP contribution >= 0.6 is 11.6 Å². The second-order valence-corrected chi connectivity index (χ2v) is 7.68. The highest BCUT2D eigenvalue weighted by Gasteiger charge is 2.21. The summed E-state index contributed by atoms with van der Waals surface area (Å²) < 4.78 is 39.4. The highest BCUT2D eigenvalue weighted by Crippen LogP contribution is 2.20. The molecule has 0 spiro atoms. The molecule has 0 heterocycles. The average Bonchev–Trinajstić information content (AvgIpc) is 2.32. The SMILES string of the molecule is CC(C)(CCO)CNS(=O)(=O)Cc1ccc(F)c(Cl)c1. The van der Waals surface area contributed by atoms with Gasteiger partial charge < -0.3 is 5.11 Å². The average molecular weight is 324 g/mol. The summed E-state index contributed by atoms with van der Waals surface area (Å²) in [5.74, 6) is -0.841. The molecule has 0 atom stereocenters. The molecule has 0 radical (unpaired) electrons. The third kappa shape index (κ3) is 5.75. The number of sulfonamides is 1. The summed E-state index contributed by atoms with van der Waals surface area (Å²) in [5, 5.41) is 8.80. The predicted octanol–water partition coefficient (Wildman–Crippen LogP) is 2.31. The second kappa shape index (κ2) is 6.85. The molecule has 0 fully saturated rings. The molecule has 0 saturated heterocycles. The Morgan fingerprint density at radius 1 is 1.40 bits per heavy atom. The van der Waals surface area contributed by atoms with E-state index in [2.05, 4.69) is 4.72 Å². The van der Waals surface area contributed by atoms with Gasteiger partial charge in [-0.1, -0.05) is 31.5 Å². The number of halogens is 2. The van der Waals surface area contributed by atoms with Gasteiger partial charge in [-0.05, 0) is 29.5 Å². The summed E-state index contributed by atoms with van der Waals surface area (Å²) in [6, 6.07) is 3.83. The summed E-state index contributed by atoms with van der Waals surface area (Å²) in [6.07, 6.45) is 0.498. The predicted molar refractivity (Wildman–Crippen MR) is 77.5 cm³/mol. The first kappa shape index (κ1) is 17.4. The van der Waals surface area contributed by atoms with Crippen LogP contribution in [0.1, 0.15) is 25.8 Å². The minimum atomic E-state index is -3.53. The van der Waals surface area contributed by atoms with Crippen LogP contribution in [0.3, 0.4) is 0 Å². The molecule has 0 unspecified atom stereocenters. The molecular formula is C13H19ClFNO3S. The Balaban J connectivity index is 2.68. The lowest BCUT2D eigenvalue weighted by Crippen LogP contribution is -2.35. The minimum absolute atomic E-state index is 0.00228. The Hall–Kier alpha value is -0.690. The van der Waals surface area contributed by atoms with Crippen molar-refractivity contribution < 1.29 is 17.9 Å². The van der Waals surface area contributed by atoms with Crippen LogP contribution in [0.5, 0.6) is 0 Å². The molecule has 2 N–H and O–H groups in total. The van der Waals surface area contributed by atoms with Gasteiger partial charge in [-0.2, -0.15) is 0 Å². The Morgan fingerprint density at radius 2 is 2.05 bits per heavy atom. The van der Waals surface area contributed by atoms with Crippen LogP contribution in [0.4, 0.5) is 4.39 Å². The van der Waals surface area contributed by atoms with Crippen molar-refractivity contribution in [3.8, 4) is 0 Å². The van der Waals surface area contributed by atoms with Gasteiger partial charge in [0.15, 0.2) is 0 Å². The largest absolute Gasteiger partial charge is 0.396 e. The zero-order chi connectivity index (χ0) is 15.4. The fourth-order valence-electron chi connectivity index (χ4n) is 1.60. The summed E-state index contributed by atoms with van der Waals surface area (Å²) in [5.41, 5.74) is 0.0892. The Morgan fingerprint density at radius 3 is 2.60 bits per heavy atom. The number of aliphatic hydroxyl groups excluding tert-OH is 1. The van der Waals surface area contributed by atoms with E-state index < -0.39 is 15.8 Å². The monoisotopic (exact) mass is 323 g/mol. The van der Waals surface area contributed by atoms with E-state index in [1.807, 2.05) is 13.8 Å². The quantitative estimate of drug-likeness (QED) is 0.809. The third-order valence-electron chi connectivity index (χ3n) is 2.90. The van der Waals surface area contributed by atoms with Gasteiger partial charge in [0.25, 0.3) is 0 Å². The lowest BCUT2D eigenvalue weighted by molar-refractivity contribution is 0.213. The van der Waals surface area contributed by atoms with Crippen LogP contribution in [0, 0.1) is 11.2 Å². The molecule has 7 heteroatoms. The molecule has 0 saturated carbocycles. The molecule has 1 aromatic carbocycles. The van der Waals surface area contributed by atoms with Crippen molar-refractivity contribution in [3.05, 3.63) is 34.6 Å². The van der Waals surface area contributed by atoms with Crippen molar-refractivity contribution in [3.63, 3.8) is 0 Å². The van der Waals surface area contributed by atoms with Crippen molar-refractivity contribution in [1.29, 1.82) is 0 Å². The fourth-order valence-corrected chi connectivity index (χ4v) is 3.13. The lowest BCUT2D eigenvalue weighted by atomic mass is 9.90. The lowest BCUT2D eigenvalue weighted by Gasteiger charge is -2.23. The van der Waals surface area contributed by atoms with Gasteiger partial charge in [0, 0.05) is 13.2 Å². The number of nitrogens with one attached hydrogen (secondary N) is 1. The maximum absolute atomic E-state index is 13.0. The van der Waals surface area contributed by atoms with Gasteiger partial charge in [0.2, 0.25) is 10.0 Å². The minimum Gasteiger partial charge on any atom is -0.396 e. The molecule has 1 aromatic rings. The van der Waals surface area contributed by atoms with Crippen LogP contribution in [-0.2, 0) is 15.8 Å². The van der Waals surface area contributed by atoms with Gasteiger partial charge in [-0.3, -0.25) is 0 Å². The van der Waals surface area contributed by atoms with Crippen LogP contribution in [0.25, 0.3) is 0 Å². The molecule has 0 amide bonds. The first-order chi connectivity index (χ1) is 9.15. The molecule has 0 aliphatic carbocycles. The summed E-state index contributed by atoms with van der Waals surface area (Å²) in [7, 11) is -3.53. The first-order valence-corrected chi connectivity index (χ1v) is 8.20. The van der Waals surface area contributed by atoms with Crippen molar-refractivity contribution in [2.75, 3.05) is 13.2 Å². The Kier molecular flexibility index (Phi) is 5.94. The topological polar surface area (TPSA) is 66.4 Å². The maximum atomic E-state index is 13.0. The number of rotatable bonds is 7. The van der Waals surface area contributed by atoms with Crippen LogP contribution in [-0.4, -0.2) is 26.7 Å². The van der Waals surface area contributed by atoms with E-state index in [0.29, 0.717) is 12.0 Å². The molecular weight excluding hydrogens is 305 g/mol. The molecule has 4 nitrogen and oxygen atoms in total. The fraction of sp³-hybridized carbons (Fsp3) is 0.538. The van der Waals surface area contributed by atoms with E-state index in [0.717, 1.165) is 6.07 Å². The standard InChI is InChI=1S/C13H19ClFNO3S/c1-13(2,5-6-17)9-16-20(18,19)8-10-3-4-12(15)11(14)7-10/h3-4,7,16-17H,5-6,8-9H2,1-2H3. The summed E-state index contributed by atoms with van der Waals surface area (Å²) in [6.45, 7) is 3.95. The number of hydrogen-bond acceptors (Lipinski definition) is 3. The summed E-state index contributed by atoms with van der Waals surface area (Å²) in [4.78, 5) is 0. The first-order valence-electron chi connectivity index (χ1n) is 6.17. The van der Waals surface area contributed by atoms with Crippen LogP contribution < -0.4 is 4.72 Å². The third-order valence-corrected chi connectivity index (χ3v) is 4.49. The highest BCUT2D eigenvalue weighted by atomic mass is 35.5. The Labute approximate surface area is 124 Å². The van der Waals surface area contributed by atoms with E-state index in [4.69, 9.17) is 16.7 Å². The molecule has 0 aliphatic heterocycles. The van der Waals surface area contributed by atoms with Crippen LogP contribution in [0.2, 0.25) is 5.02 Å². The van der Waals surface area contributed by atoms with Crippen molar-refractivity contribution in [2.45, 2.75) is 26.0 Å². The van der Waals surface area contributed by atoms with Crippen molar-refractivity contribution >= 4 is 21.6 Å². The Bertz CT molecular complexity index is 561. The van der Waals surface area contributed by atoms with Gasteiger partial charge in [-0.25, -0.2) is 17.5 Å². The second-order valence-electron chi connectivity index (χ2n) is 5.47. The highest BCUT2D eigenvalue weighted by molar-refractivity contribution is 7.88. The van der Waals surface area contributed by atoms with Crippen LogP contribution in [0.15, 0.2) is 18.2 Å². The summed E-state index contributed by atoms with van der Waals surface area (Å²) >= 11 is 5.62. The molecule has 0 aromatic heterocycles. The van der Waals surface area contributed by atoms with Crippen molar-refractivity contribution in [1.82, 2.24) is 4.72 Å². The number of hydrogen-bond donors (Lipinski definition) is 2. The normalized spacial score (nSPS) is 12.7. The molecule has 114 valence electrons. The van der Waals surface area contributed by atoms with Crippen molar-refractivity contribution in [2.24, 2.45) is 5.41 Å². The van der Waals surface area contributed by atoms with Gasteiger partial charge in [0.05, 0.1) is 10.8 Å². The van der Waals surface area contributed by atoms with E-state index in [1.54, 1.807) is 0 Å². The van der Waals surface area contributed by atoms with Gasteiger partial charge in [0.1, 0.15) is 5.82 Å². The molecule has 0 bridgehead atoms. The number of aliphatic hydroxyl groups is 1.